The molecule has 0 saturated carbocycles. The molecule has 1 aromatic heterocycles. The molecule has 0 radical (unpaired) electrons. The topological polar surface area (TPSA) is 52.0 Å². The van der Waals surface area contributed by atoms with Gasteiger partial charge in [-0.05, 0) is 11.3 Å². The van der Waals surface area contributed by atoms with E-state index in [1.807, 2.05) is 10.8 Å². The average Bonchev–Trinajstić information content (AvgIpc) is 2.33. The molecule has 0 aliphatic carbocycles. The van der Waals surface area contributed by atoms with Crippen LogP contribution in [-0.2, 0) is 0 Å². The Morgan fingerprint density at radius 2 is 2.00 bits per heavy atom. The first-order chi connectivity index (χ1) is 5.13. The van der Waals surface area contributed by atoms with Crippen molar-refractivity contribution in [2.75, 3.05) is 5.73 Å². The number of nitrogens with two attached hydrogens (primary N) is 2. The van der Waals surface area contributed by atoms with Gasteiger partial charge in [0, 0.05) is 22.7 Å². The van der Waals surface area contributed by atoms with Crippen LogP contribution in [0, 0.1) is 5.92 Å². The van der Waals surface area contributed by atoms with E-state index in [1.54, 1.807) is 11.3 Å². The molecule has 11 heavy (non-hydrogen) atoms. The summed E-state index contributed by atoms with van der Waals surface area (Å²) in [5.41, 5.74) is 13.5. The summed E-state index contributed by atoms with van der Waals surface area (Å²) in [6.45, 7) is 4.20. The quantitative estimate of drug-likeness (QED) is 0.713. The molecule has 0 spiro atoms. The van der Waals surface area contributed by atoms with Crippen LogP contribution in [-0.4, -0.2) is 0 Å². The molecule has 1 atom stereocenters. The molecule has 0 bridgehead atoms. The van der Waals surface area contributed by atoms with Gasteiger partial charge < -0.3 is 11.5 Å². The third kappa shape index (κ3) is 1.73. The Balaban J connectivity index is 2.84. The number of nitrogen functional groups attached to an aromatic ring is 1. The first kappa shape index (κ1) is 8.56. The maximum atomic E-state index is 5.91. The number of hydrogen-bond acceptors (Lipinski definition) is 3. The Labute approximate surface area is 71.2 Å². The van der Waals surface area contributed by atoms with Gasteiger partial charge in [0.05, 0.1) is 0 Å². The minimum absolute atomic E-state index is 0.0845. The van der Waals surface area contributed by atoms with Crippen molar-refractivity contribution in [2.45, 2.75) is 19.9 Å². The summed E-state index contributed by atoms with van der Waals surface area (Å²) in [6, 6.07) is 0.0845. The van der Waals surface area contributed by atoms with Crippen molar-refractivity contribution >= 4 is 17.0 Å². The monoisotopic (exact) mass is 170 g/mol. The zero-order chi connectivity index (χ0) is 8.43. The first-order valence-electron chi connectivity index (χ1n) is 3.70. The standard InChI is InChI=1S/C8H14N2S/c1-5(2)8(10)6-3-11-4-7(6)9/h3-5,8H,9-10H2,1-2H3. The third-order valence-electron chi connectivity index (χ3n) is 1.80. The molecule has 2 nitrogen and oxygen atoms in total. The smallest absolute Gasteiger partial charge is 0.0471 e. The molecular weight excluding hydrogens is 156 g/mol. The molecule has 0 aliphatic rings. The largest absolute Gasteiger partial charge is 0.398 e. The fourth-order valence-electron chi connectivity index (χ4n) is 0.947. The summed E-state index contributed by atoms with van der Waals surface area (Å²) in [5, 5.41) is 3.96. The van der Waals surface area contributed by atoms with Gasteiger partial charge in [-0.25, -0.2) is 0 Å². The summed E-state index contributed by atoms with van der Waals surface area (Å²) in [4.78, 5) is 0. The second-order valence-corrected chi connectivity index (χ2v) is 3.80. The molecule has 1 rings (SSSR count). The van der Waals surface area contributed by atoms with Gasteiger partial charge >= 0.3 is 0 Å². The number of hydrogen-bond donors (Lipinski definition) is 2. The Bertz CT molecular complexity index is 230. The van der Waals surface area contributed by atoms with Gasteiger partial charge in [-0.2, -0.15) is 0 Å². The van der Waals surface area contributed by atoms with Gasteiger partial charge in [0.1, 0.15) is 0 Å². The molecule has 0 fully saturated rings. The van der Waals surface area contributed by atoms with E-state index in [0.717, 1.165) is 11.3 Å². The van der Waals surface area contributed by atoms with Crippen LogP contribution in [0.2, 0.25) is 0 Å². The molecular formula is C8H14N2S. The Hall–Kier alpha value is -0.540. The summed E-state index contributed by atoms with van der Waals surface area (Å²) >= 11 is 1.61. The van der Waals surface area contributed by atoms with Crippen LogP contribution >= 0.6 is 11.3 Å². The van der Waals surface area contributed by atoms with E-state index in [1.165, 1.54) is 0 Å². The Morgan fingerprint density at radius 3 is 2.36 bits per heavy atom. The molecule has 1 heterocycles. The first-order valence-corrected chi connectivity index (χ1v) is 4.64. The minimum Gasteiger partial charge on any atom is -0.398 e. The highest BCUT2D eigenvalue weighted by atomic mass is 32.1. The van der Waals surface area contributed by atoms with Crippen molar-refractivity contribution in [1.82, 2.24) is 0 Å². The van der Waals surface area contributed by atoms with Crippen molar-refractivity contribution < 1.29 is 0 Å². The predicted octanol–water partition coefficient (Wildman–Crippen LogP) is 1.99. The molecule has 0 aliphatic heterocycles. The van der Waals surface area contributed by atoms with Crippen LogP contribution < -0.4 is 11.5 Å². The molecule has 1 aromatic rings. The van der Waals surface area contributed by atoms with Gasteiger partial charge in [0.25, 0.3) is 0 Å². The molecule has 0 saturated heterocycles. The second-order valence-electron chi connectivity index (χ2n) is 3.05. The maximum Gasteiger partial charge on any atom is 0.0471 e. The zero-order valence-corrected chi connectivity index (χ0v) is 7.69. The lowest BCUT2D eigenvalue weighted by Gasteiger charge is -2.14. The normalized spacial score (nSPS) is 13.8. The van der Waals surface area contributed by atoms with Crippen molar-refractivity contribution in [3.05, 3.63) is 16.3 Å². The number of rotatable bonds is 2. The van der Waals surface area contributed by atoms with Crippen LogP contribution in [0.5, 0.6) is 0 Å². The van der Waals surface area contributed by atoms with Crippen molar-refractivity contribution in [3.8, 4) is 0 Å². The maximum absolute atomic E-state index is 5.91. The summed E-state index contributed by atoms with van der Waals surface area (Å²) in [6.07, 6.45) is 0. The molecule has 62 valence electrons. The SMILES string of the molecule is CC(C)C(N)c1cscc1N. The fourth-order valence-corrected chi connectivity index (χ4v) is 1.74. The third-order valence-corrected chi connectivity index (χ3v) is 2.58. The highest BCUT2D eigenvalue weighted by molar-refractivity contribution is 7.08. The number of anilines is 1. The Kier molecular flexibility index (Phi) is 2.52. The van der Waals surface area contributed by atoms with Crippen LogP contribution in [0.15, 0.2) is 10.8 Å². The summed E-state index contributed by atoms with van der Waals surface area (Å²) in [5.74, 6) is 0.451. The van der Waals surface area contributed by atoms with E-state index < -0.39 is 0 Å². The van der Waals surface area contributed by atoms with Crippen molar-refractivity contribution in [1.29, 1.82) is 0 Å². The zero-order valence-electron chi connectivity index (χ0n) is 6.87. The second kappa shape index (κ2) is 3.24. The Morgan fingerprint density at radius 1 is 1.36 bits per heavy atom. The van der Waals surface area contributed by atoms with Crippen LogP contribution in [0.1, 0.15) is 25.5 Å². The minimum atomic E-state index is 0.0845. The van der Waals surface area contributed by atoms with E-state index in [4.69, 9.17) is 11.5 Å². The lowest BCUT2D eigenvalue weighted by atomic mass is 9.99. The van der Waals surface area contributed by atoms with Crippen LogP contribution in [0.3, 0.4) is 0 Å². The molecule has 0 amide bonds. The van der Waals surface area contributed by atoms with Crippen molar-refractivity contribution in [2.24, 2.45) is 11.7 Å². The van der Waals surface area contributed by atoms with Gasteiger partial charge in [-0.15, -0.1) is 11.3 Å². The highest BCUT2D eigenvalue weighted by Crippen LogP contribution is 2.27. The van der Waals surface area contributed by atoms with E-state index >= 15 is 0 Å². The lowest BCUT2D eigenvalue weighted by Crippen LogP contribution is -2.16. The van der Waals surface area contributed by atoms with E-state index in [-0.39, 0.29) is 6.04 Å². The number of thiophene rings is 1. The van der Waals surface area contributed by atoms with Gasteiger partial charge in [-0.3, -0.25) is 0 Å². The molecule has 1 unspecified atom stereocenters. The average molecular weight is 170 g/mol. The molecule has 3 heteroatoms. The van der Waals surface area contributed by atoms with E-state index in [9.17, 15) is 0 Å². The fraction of sp³-hybridized carbons (Fsp3) is 0.500. The van der Waals surface area contributed by atoms with E-state index in [0.29, 0.717) is 5.92 Å². The summed E-state index contributed by atoms with van der Waals surface area (Å²) < 4.78 is 0. The van der Waals surface area contributed by atoms with E-state index in [2.05, 4.69) is 13.8 Å². The van der Waals surface area contributed by atoms with Gasteiger partial charge in [0.15, 0.2) is 0 Å². The predicted molar refractivity (Wildman–Crippen MR) is 50.5 cm³/mol. The molecule has 4 N–H and O–H groups in total. The van der Waals surface area contributed by atoms with Crippen LogP contribution in [0.25, 0.3) is 0 Å². The van der Waals surface area contributed by atoms with Gasteiger partial charge in [-0.1, -0.05) is 13.8 Å². The molecule has 0 aromatic carbocycles. The van der Waals surface area contributed by atoms with Gasteiger partial charge in [0.2, 0.25) is 0 Å². The van der Waals surface area contributed by atoms with Crippen molar-refractivity contribution in [3.63, 3.8) is 0 Å². The lowest BCUT2D eigenvalue weighted by molar-refractivity contribution is 0.517. The van der Waals surface area contributed by atoms with Crippen LogP contribution in [0.4, 0.5) is 5.69 Å². The highest BCUT2D eigenvalue weighted by Gasteiger charge is 2.13. The summed E-state index contributed by atoms with van der Waals surface area (Å²) in [7, 11) is 0.